The van der Waals surface area contributed by atoms with Crippen LogP contribution in [0.4, 0.5) is 25.5 Å². The number of ether oxygens (including phenoxy) is 1. The molecule has 3 aromatic heterocycles. The minimum absolute atomic E-state index is 0.149. The largest absolute Gasteiger partial charge is 0.474 e. The van der Waals surface area contributed by atoms with E-state index in [1.165, 1.54) is 18.5 Å². The van der Waals surface area contributed by atoms with Gasteiger partial charge < -0.3 is 15.2 Å². The predicted octanol–water partition coefficient (Wildman–Crippen LogP) is 4.24. The van der Waals surface area contributed by atoms with Crippen LogP contribution in [0.15, 0.2) is 43.0 Å². The second kappa shape index (κ2) is 9.37. The SMILES string of the molecule is Cc1c(-c2cc3cc(NC(=O)NC(C)c4cnn(C)c4)ncc3cc2F)cnc2c1N(C(=O)O)CCO2. The Morgan fingerprint density at radius 1 is 1.14 bits per heavy atom. The van der Waals surface area contributed by atoms with Crippen molar-refractivity contribution >= 4 is 34.4 Å². The number of fused-ring (bicyclic) bond motifs is 2. The van der Waals surface area contributed by atoms with Gasteiger partial charge in [0.05, 0.1) is 18.8 Å². The molecule has 0 spiro atoms. The van der Waals surface area contributed by atoms with Gasteiger partial charge in [-0.25, -0.2) is 23.9 Å². The standard InChI is InChI=1S/C25H24FN7O4/c1-13-19(11-28-23-22(13)33(25(35)36)4-5-37-23)18-6-15-8-21(27-9-16(15)7-20(18)26)31-24(34)30-14(2)17-10-29-32(3)12-17/h6-12,14H,4-5H2,1-3H3,(H,35,36)(H2,27,30,31,34). The summed E-state index contributed by atoms with van der Waals surface area (Å²) in [5.41, 5.74) is 2.35. The van der Waals surface area contributed by atoms with Crippen LogP contribution in [0.25, 0.3) is 21.9 Å². The van der Waals surface area contributed by atoms with Crippen molar-refractivity contribution in [2.75, 3.05) is 23.4 Å². The highest BCUT2D eigenvalue weighted by Gasteiger charge is 2.28. The Balaban J connectivity index is 1.45. The lowest BCUT2D eigenvalue weighted by atomic mass is 9.98. The van der Waals surface area contributed by atoms with Gasteiger partial charge in [0.15, 0.2) is 0 Å². The van der Waals surface area contributed by atoms with Crippen molar-refractivity contribution in [2.45, 2.75) is 19.9 Å². The predicted molar refractivity (Wildman–Crippen MR) is 134 cm³/mol. The molecule has 0 aliphatic carbocycles. The average Bonchev–Trinajstić information content (AvgIpc) is 3.30. The number of rotatable bonds is 4. The zero-order chi connectivity index (χ0) is 26.3. The smallest absolute Gasteiger partial charge is 0.412 e. The Kier molecular flexibility index (Phi) is 6.07. The fourth-order valence-corrected chi connectivity index (χ4v) is 4.34. The van der Waals surface area contributed by atoms with Gasteiger partial charge in [-0.1, -0.05) is 0 Å². The molecule has 1 unspecified atom stereocenters. The van der Waals surface area contributed by atoms with E-state index >= 15 is 4.39 Å². The van der Waals surface area contributed by atoms with Crippen molar-refractivity contribution < 1.29 is 23.8 Å². The molecular weight excluding hydrogens is 481 g/mol. The Labute approximate surface area is 210 Å². The molecule has 3 N–H and O–H groups in total. The highest BCUT2D eigenvalue weighted by Crippen LogP contribution is 2.40. The van der Waals surface area contributed by atoms with Crippen LogP contribution < -0.4 is 20.3 Å². The first-order valence-electron chi connectivity index (χ1n) is 11.5. The van der Waals surface area contributed by atoms with Crippen LogP contribution in [-0.4, -0.2) is 50.1 Å². The van der Waals surface area contributed by atoms with Crippen LogP contribution in [0.1, 0.15) is 24.1 Å². The van der Waals surface area contributed by atoms with Crippen molar-refractivity contribution in [2.24, 2.45) is 7.05 Å². The van der Waals surface area contributed by atoms with Gasteiger partial charge in [0.25, 0.3) is 0 Å². The molecule has 0 saturated heterocycles. The van der Waals surface area contributed by atoms with Gasteiger partial charge in [-0.05, 0) is 43.0 Å². The number of hydrogen-bond acceptors (Lipinski definition) is 6. The number of carbonyl (C=O) groups is 2. The highest BCUT2D eigenvalue weighted by atomic mass is 19.1. The minimum Gasteiger partial charge on any atom is -0.474 e. The van der Waals surface area contributed by atoms with Crippen LogP contribution >= 0.6 is 0 Å². The van der Waals surface area contributed by atoms with Crippen molar-refractivity contribution in [3.8, 4) is 17.0 Å². The Bertz CT molecular complexity index is 1540. The van der Waals surface area contributed by atoms with E-state index in [-0.39, 0.29) is 36.5 Å². The first-order chi connectivity index (χ1) is 17.7. The Morgan fingerprint density at radius 3 is 2.68 bits per heavy atom. The summed E-state index contributed by atoms with van der Waals surface area (Å²) in [6, 6.07) is 3.88. The molecule has 1 aromatic carbocycles. The van der Waals surface area contributed by atoms with Crippen LogP contribution in [0.2, 0.25) is 0 Å². The number of carboxylic acid groups (broad SMARTS) is 1. The molecule has 4 aromatic rings. The molecule has 12 heteroatoms. The molecule has 3 amide bonds. The third-order valence-electron chi connectivity index (χ3n) is 6.24. The molecule has 4 heterocycles. The maximum atomic E-state index is 15.2. The maximum absolute atomic E-state index is 15.2. The molecule has 0 bridgehead atoms. The monoisotopic (exact) mass is 505 g/mol. The number of anilines is 2. The fourth-order valence-electron chi connectivity index (χ4n) is 4.34. The summed E-state index contributed by atoms with van der Waals surface area (Å²) in [4.78, 5) is 33.9. The lowest BCUT2D eigenvalue weighted by molar-refractivity contribution is 0.196. The van der Waals surface area contributed by atoms with E-state index in [1.54, 1.807) is 37.0 Å². The first-order valence-corrected chi connectivity index (χ1v) is 11.5. The normalized spacial score (nSPS) is 13.6. The van der Waals surface area contributed by atoms with Crippen LogP contribution in [0.3, 0.4) is 0 Å². The van der Waals surface area contributed by atoms with E-state index < -0.39 is 17.9 Å². The zero-order valence-electron chi connectivity index (χ0n) is 20.3. The summed E-state index contributed by atoms with van der Waals surface area (Å²) in [7, 11) is 1.80. The molecule has 0 fully saturated rings. The fraction of sp³-hybridized carbons (Fsp3) is 0.240. The van der Waals surface area contributed by atoms with Crippen LogP contribution in [0.5, 0.6) is 5.88 Å². The lowest BCUT2D eigenvalue weighted by Crippen LogP contribution is -2.37. The van der Waals surface area contributed by atoms with Gasteiger partial charge in [0.1, 0.15) is 23.9 Å². The van der Waals surface area contributed by atoms with Crippen molar-refractivity contribution in [3.05, 3.63) is 59.9 Å². The lowest BCUT2D eigenvalue weighted by Gasteiger charge is -2.28. The number of urea groups is 1. The molecule has 1 aliphatic rings. The molecule has 0 saturated carbocycles. The highest BCUT2D eigenvalue weighted by molar-refractivity contribution is 5.95. The molecule has 1 atom stereocenters. The van der Waals surface area contributed by atoms with E-state index in [0.29, 0.717) is 27.6 Å². The number of nitrogens with zero attached hydrogens (tertiary/aromatic N) is 5. The summed E-state index contributed by atoms with van der Waals surface area (Å²) in [5, 5.41) is 20.4. The molecule has 1 aliphatic heterocycles. The van der Waals surface area contributed by atoms with E-state index in [1.807, 2.05) is 13.1 Å². The number of hydrogen-bond donors (Lipinski definition) is 3. The van der Waals surface area contributed by atoms with Crippen LogP contribution in [0, 0.1) is 12.7 Å². The number of amides is 3. The summed E-state index contributed by atoms with van der Waals surface area (Å²) in [5.74, 6) is -0.0357. The van der Waals surface area contributed by atoms with E-state index in [4.69, 9.17) is 4.74 Å². The van der Waals surface area contributed by atoms with Gasteiger partial charge >= 0.3 is 12.1 Å². The average molecular weight is 506 g/mol. The molecule has 11 nitrogen and oxygen atoms in total. The molecule has 37 heavy (non-hydrogen) atoms. The number of carbonyl (C=O) groups excluding carboxylic acids is 1. The Morgan fingerprint density at radius 2 is 1.95 bits per heavy atom. The quantitative estimate of drug-likeness (QED) is 0.378. The number of halogens is 1. The summed E-state index contributed by atoms with van der Waals surface area (Å²) >= 11 is 0. The van der Waals surface area contributed by atoms with E-state index in [2.05, 4.69) is 25.7 Å². The maximum Gasteiger partial charge on any atom is 0.412 e. The van der Waals surface area contributed by atoms with Gasteiger partial charge in [0, 0.05) is 47.7 Å². The second-order valence-corrected chi connectivity index (χ2v) is 8.75. The molecule has 190 valence electrons. The number of nitrogens with one attached hydrogen (secondary N) is 2. The summed E-state index contributed by atoms with van der Waals surface area (Å²) in [6.07, 6.45) is 5.30. The van der Waals surface area contributed by atoms with E-state index in [0.717, 1.165) is 10.5 Å². The Hall–Kier alpha value is -4.74. The first kappa shape index (κ1) is 24.0. The third-order valence-corrected chi connectivity index (χ3v) is 6.24. The second-order valence-electron chi connectivity index (χ2n) is 8.75. The number of aromatic nitrogens is 4. The van der Waals surface area contributed by atoms with Crippen molar-refractivity contribution in [1.82, 2.24) is 25.1 Å². The van der Waals surface area contributed by atoms with Gasteiger partial charge in [-0.2, -0.15) is 5.10 Å². The van der Waals surface area contributed by atoms with Gasteiger partial charge in [-0.3, -0.25) is 14.9 Å². The molecule has 0 radical (unpaired) electrons. The minimum atomic E-state index is -1.14. The summed E-state index contributed by atoms with van der Waals surface area (Å²) in [6.45, 7) is 3.88. The van der Waals surface area contributed by atoms with Gasteiger partial charge in [-0.15, -0.1) is 0 Å². The third kappa shape index (κ3) is 4.60. The van der Waals surface area contributed by atoms with Crippen molar-refractivity contribution in [3.63, 3.8) is 0 Å². The molecule has 5 rings (SSSR count). The topological polar surface area (TPSA) is 134 Å². The number of aryl methyl sites for hydroxylation is 1. The summed E-state index contributed by atoms with van der Waals surface area (Å²) < 4.78 is 22.4. The van der Waals surface area contributed by atoms with Crippen LogP contribution in [-0.2, 0) is 7.05 Å². The van der Waals surface area contributed by atoms with E-state index in [9.17, 15) is 14.7 Å². The van der Waals surface area contributed by atoms with Gasteiger partial charge in [0.2, 0.25) is 5.88 Å². The molecular formula is C25H24FN7O4. The number of benzene rings is 1. The number of pyridine rings is 2. The zero-order valence-corrected chi connectivity index (χ0v) is 20.3. The van der Waals surface area contributed by atoms with Crippen molar-refractivity contribution in [1.29, 1.82) is 0 Å².